The van der Waals surface area contributed by atoms with Gasteiger partial charge in [-0.3, -0.25) is 14.4 Å². The van der Waals surface area contributed by atoms with Gasteiger partial charge in [-0.05, 0) is 55.6 Å². The van der Waals surface area contributed by atoms with Crippen molar-refractivity contribution in [3.05, 3.63) is 51.7 Å². The number of aryl methyl sites for hydroxylation is 1. The van der Waals surface area contributed by atoms with Crippen molar-refractivity contribution >= 4 is 34.7 Å². The molecule has 1 atom stereocenters. The normalized spacial score (nSPS) is 15.5. The fourth-order valence-electron chi connectivity index (χ4n) is 3.41. The Labute approximate surface area is 181 Å². The zero-order valence-electron chi connectivity index (χ0n) is 17.6. The predicted octanol–water partition coefficient (Wildman–Crippen LogP) is 2.59. The Morgan fingerprint density at radius 3 is 2.47 bits per heavy atom. The molecular formula is C22H28N4O3S. The van der Waals surface area contributed by atoms with Crippen LogP contribution < -0.4 is 10.6 Å². The van der Waals surface area contributed by atoms with E-state index in [9.17, 15) is 14.4 Å². The number of amides is 3. The van der Waals surface area contributed by atoms with E-state index in [1.807, 2.05) is 17.2 Å². The lowest BCUT2D eigenvalue weighted by atomic mass is 10.1. The van der Waals surface area contributed by atoms with E-state index in [2.05, 4.69) is 22.5 Å². The number of nitrogens with one attached hydrogen (secondary N) is 2. The molecule has 3 rings (SSSR count). The smallest absolute Gasteiger partial charge is 0.261 e. The summed E-state index contributed by atoms with van der Waals surface area (Å²) in [5, 5.41) is 7.32. The maximum Gasteiger partial charge on any atom is 0.261 e. The number of piperazine rings is 1. The first-order valence-electron chi connectivity index (χ1n) is 10.2. The number of carbonyl (C=O) groups is 3. The summed E-state index contributed by atoms with van der Waals surface area (Å²) in [4.78, 5) is 42.2. The maximum absolute atomic E-state index is 12.9. The molecular weight excluding hydrogens is 400 g/mol. The minimum Gasteiger partial charge on any atom is -0.340 e. The third-order valence-electron chi connectivity index (χ3n) is 5.32. The third-order valence-corrected chi connectivity index (χ3v) is 6.19. The van der Waals surface area contributed by atoms with Crippen LogP contribution in [0, 0.1) is 6.92 Å². The first-order valence-corrected chi connectivity index (χ1v) is 11.0. The predicted molar refractivity (Wildman–Crippen MR) is 119 cm³/mol. The Morgan fingerprint density at radius 1 is 1.13 bits per heavy atom. The molecule has 1 fully saturated rings. The van der Waals surface area contributed by atoms with Crippen molar-refractivity contribution in [1.82, 2.24) is 15.1 Å². The lowest BCUT2D eigenvalue weighted by Gasteiger charge is -2.34. The second-order valence-corrected chi connectivity index (χ2v) is 8.37. The zero-order chi connectivity index (χ0) is 21.7. The molecule has 1 aromatic carbocycles. The van der Waals surface area contributed by atoms with Crippen LogP contribution in [0.1, 0.15) is 39.4 Å². The maximum atomic E-state index is 12.9. The lowest BCUT2D eigenvalue weighted by Crippen LogP contribution is -2.48. The van der Waals surface area contributed by atoms with Crippen LogP contribution in [0.4, 0.5) is 5.69 Å². The van der Waals surface area contributed by atoms with Crippen molar-refractivity contribution in [2.45, 2.75) is 26.8 Å². The second-order valence-electron chi connectivity index (χ2n) is 7.42. The highest BCUT2D eigenvalue weighted by Crippen LogP contribution is 2.18. The van der Waals surface area contributed by atoms with E-state index >= 15 is 0 Å². The molecule has 1 aliphatic heterocycles. The fourth-order valence-corrected chi connectivity index (χ4v) is 4.04. The summed E-state index contributed by atoms with van der Waals surface area (Å²) >= 11 is 1.33. The number of likely N-dealkylation sites (N-methyl/N-ethyl adjacent to an activating group) is 1. The monoisotopic (exact) mass is 428 g/mol. The van der Waals surface area contributed by atoms with Crippen LogP contribution in [0.3, 0.4) is 0 Å². The van der Waals surface area contributed by atoms with Crippen molar-refractivity contribution in [2.75, 3.05) is 38.0 Å². The van der Waals surface area contributed by atoms with Crippen LogP contribution in [-0.2, 0) is 4.79 Å². The number of anilines is 1. The SMILES string of the molecule is CCN1CCN(C(=O)c2ccc(NC(=O)C(C)NC(=O)c3cccs3)cc2C)CC1. The highest BCUT2D eigenvalue weighted by atomic mass is 32.1. The van der Waals surface area contributed by atoms with Gasteiger partial charge in [-0.2, -0.15) is 0 Å². The van der Waals surface area contributed by atoms with Gasteiger partial charge in [0.05, 0.1) is 4.88 Å². The minimum atomic E-state index is -0.684. The summed E-state index contributed by atoms with van der Waals surface area (Å²) in [7, 11) is 0. The molecule has 0 radical (unpaired) electrons. The zero-order valence-corrected chi connectivity index (χ0v) is 18.4. The van der Waals surface area contributed by atoms with Crippen LogP contribution in [0.25, 0.3) is 0 Å². The van der Waals surface area contributed by atoms with E-state index in [1.165, 1.54) is 11.3 Å². The first kappa shape index (κ1) is 22.0. The molecule has 0 bridgehead atoms. The fraction of sp³-hybridized carbons (Fsp3) is 0.409. The van der Waals surface area contributed by atoms with Crippen molar-refractivity contribution < 1.29 is 14.4 Å². The van der Waals surface area contributed by atoms with E-state index in [4.69, 9.17) is 0 Å². The van der Waals surface area contributed by atoms with Gasteiger partial charge in [0.25, 0.3) is 11.8 Å². The number of hydrogen-bond donors (Lipinski definition) is 2. The van der Waals surface area contributed by atoms with Crippen LogP contribution >= 0.6 is 11.3 Å². The molecule has 160 valence electrons. The molecule has 0 aliphatic carbocycles. The van der Waals surface area contributed by atoms with Crippen LogP contribution in [0.5, 0.6) is 0 Å². The van der Waals surface area contributed by atoms with Gasteiger partial charge in [-0.1, -0.05) is 13.0 Å². The van der Waals surface area contributed by atoms with Crippen molar-refractivity contribution in [3.8, 4) is 0 Å². The Bertz CT molecular complexity index is 905. The summed E-state index contributed by atoms with van der Waals surface area (Å²) in [6, 6.07) is 8.10. The molecule has 30 heavy (non-hydrogen) atoms. The highest BCUT2D eigenvalue weighted by Gasteiger charge is 2.23. The quantitative estimate of drug-likeness (QED) is 0.741. The van der Waals surface area contributed by atoms with Crippen molar-refractivity contribution in [3.63, 3.8) is 0 Å². The molecule has 1 aliphatic rings. The number of rotatable bonds is 6. The Balaban J connectivity index is 1.58. The van der Waals surface area contributed by atoms with Gasteiger partial charge in [-0.15, -0.1) is 11.3 Å². The second kappa shape index (κ2) is 9.86. The molecule has 0 saturated carbocycles. The van der Waals surface area contributed by atoms with Crippen LogP contribution in [0.2, 0.25) is 0 Å². The van der Waals surface area contributed by atoms with E-state index in [1.54, 1.807) is 37.3 Å². The number of nitrogens with zero attached hydrogens (tertiary/aromatic N) is 2. The van der Waals surface area contributed by atoms with E-state index < -0.39 is 6.04 Å². The van der Waals surface area contributed by atoms with Gasteiger partial charge in [0, 0.05) is 37.4 Å². The summed E-state index contributed by atoms with van der Waals surface area (Å²) in [5.41, 5.74) is 2.06. The molecule has 1 saturated heterocycles. The van der Waals surface area contributed by atoms with Crippen LogP contribution in [0.15, 0.2) is 35.7 Å². The van der Waals surface area contributed by atoms with E-state index in [-0.39, 0.29) is 17.7 Å². The molecule has 2 N–H and O–H groups in total. The summed E-state index contributed by atoms with van der Waals surface area (Å²) in [6.45, 7) is 9.88. The minimum absolute atomic E-state index is 0.0257. The van der Waals surface area contributed by atoms with Gasteiger partial charge in [0.2, 0.25) is 5.91 Å². The largest absolute Gasteiger partial charge is 0.340 e. The average molecular weight is 429 g/mol. The number of hydrogen-bond acceptors (Lipinski definition) is 5. The first-order chi connectivity index (χ1) is 14.4. The molecule has 3 amide bonds. The molecule has 2 heterocycles. The van der Waals surface area contributed by atoms with Crippen molar-refractivity contribution in [2.24, 2.45) is 0 Å². The van der Waals surface area contributed by atoms with Crippen LogP contribution in [-0.4, -0.2) is 66.3 Å². The average Bonchev–Trinajstić information content (AvgIpc) is 3.28. The Hall–Kier alpha value is -2.71. The summed E-state index contributed by atoms with van der Waals surface area (Å²) < 4.78 is 0. The van der Waals surface area contributed by atoms with Crippen molar-refractivity contribution in [1.29, 1.82) is 0 Å². The standard InChI is InChI=1S/C22H28N4O3S/c1-4-25-9-11-26(12-10-25)22(29)18-8-7-17(14-15(18)2)24-20(27)16(3)23-21(28)19-6-5-13-30-19/h5-8,13-14,16H,4,9-12H2,1-3H3,(H,23,28)(H,24,27). The Kier molecular flexibility index (Phi) is 7.23. The van der Waals surface area contributed by atoms with Gasteiger partial charge >= 0.3 is 0 Å². The molecule has 1 unspecified atom stereocenters. The van der Waals surface area contributed by atoms with Gasteiger partial charge in [0.1, 0.15) is 6.04 Å². The number of benzene rings is 1. The van der Waals surface area contributed by atoms with Gasteiger partial charge < -0.3 is 20.4 Å². The summed E-state index contributed by atoms with van der Waals surface area (Å²) in [5.74, 6) is -0.556. The van der Waals surface area contributed by atoms with E-state index in [0.29, 0.717) is 16.1 Å². The molecule has 1 aromatic heterocycles. The topological polar surface area (TPSA) is 81.8 Å². The third kappa shape index (κ3) is 5.25. The number of carbonyl (C=O) groups excluding carboxylic acids is 3. The molecule has 0 spiro atoms. The van der Waals surface area contributed by atoms with E-state index in [0.717, 1.165) is 38.3 Å². The molecule has 2 aromatic rings. The summed E-state index contributed by atoms with van der Waals surface area (Å²) in [6.07, 6.45) is 0. The molecule has 7 nitrogen and oxygen atoms in total. The molecule has 8 heteroatoms. The number of thiophene rings is 1. The van der Waals surface area contributed by atoms with Gasteiger partial charge in [0.15, 0.2) is 0 Å². The Morgan fingerprint density at radius 2 is 1.87 bits per heavy atom. The lowest BCUT2D eigenvalue weighted by molar-refractivity contribution is -0.117. The highest BCUT2D eigenvalue weighted by molar-refractivity contribution is 7.12. The van der Waals surface area contributed by atoms with Gasteiger partial charge in [-0.25, -0.2) is 0 Å².